The predicted molar refractivity (Wildman–Crippen MR) is 61.0 cm³/mol. The summed E-state index contributed by atoms with van der Waals surface area (Å²) in [6.07, 6.45) is 1.08. The number of hydrogen-bond acceptors (Lipinski definition) is 3. The van der Waals surface area contributed by atoms with Gasteiger partial charge >= 0.3 is 5.97 Å². The van der Waals surface area contributed by atoms with Gasteiger partial charge < -0.3 is 15.2 Å². The average molecular weight is 235 g/mol. The molecule has 0 spiro atoms. The molecule has 1 aromatic carbocycles. The third-order valence-corrected chi connectivity index (χ3v) is 2.64. The number of nitrogens with one attached hydrogen (secondary N) is 1. The number of amides is 1. The molecule has 17 heavy (non-hydrogen) atoms. The minimum Gasteiger partial charge on any atom is -0.478 e. The largest absolute Gasteiger partial charge is 0.478 e. The molecule has 0 saturated carbocycles. The molecule has 0 bridgehead atoms. The third-order valence-electron chi connectivity index (χ3n) is 2.64. The van der Waals surface area contributed by atoms with Crippen molar-refractivity contribution < 1.29 is 19.4 Å². The summed E-state index contributed by atoms with van der Waals surface area (Å²) in [5.74, 6) is -1.34. The first kappa shape index (κ1) is 11.6. The third kappa shape index (κ3) is 2.62. The zero-order valence-corrected chi connectivity index (χ0v) is 9.18. The van der Waals surface area contributed by atoms with Gasteiger partial charge in [0.15, 0.2) is 0 Å². The highest BCUT2D eigenvalue weighted by atomic mass is 16.5. The van der Waals surface area contributed by atoms with Crippen LogP contribution in [0.2, 0.25) is 0 Å². The van der Waals surface area contributed by atoms with Crippen LogP contribution in [0.3, 0.4) is 0 Å². The topological polar surface area (TPSA) is 75.6 Å². The van der Waals surface area contributed by atoms with Crippen LogP contribution in [0.25, 0.3) is 0 Å². The number of aromatic carboxylic acids is 1. The molecule has 1 aliphatic heterocycles. The normalized spacial score (nSPS) is 18.9. The van der Waals surface area contributed by atoms with Crippen molar-refractivity contribution in [3.63, 3.8) is 0 Å². The van der Waals surface area contributed by atoms with Gasteiger partial charge in [-0.3, -0.25) is 4.79 Å². The van der Waals surface area contributed by atoms with E-state index in [9.17, 15) is 9.59 Å². The summed E-state index contributed by atoms with van der Waals surface area (Å²) in [4.78, 5) is 22.7. The van der Waals surface area contributed by atoms with Gasteiger partial charge in [0.25, 0.3) is 5.91 Å². The van der Waals surface area contributed by atoms with Crippen LogP contribution in [-0.4, -0.2) is 29.7 Å². The standard InChI is InChI=1S/C12H13NO4/c14-11(10-6-3-7-17-10)13-9-5-2-1-4-8(9)12(15)16/h1-2,4-5,10H,3,6-7H2,(H,13,14)(H,15,16)/t10-/m1/s1. The molecule has 1 atom stereocenters. The number of rotatable bonds is 3. The zero-order valence-electron chi connectivity index (χ0n) is 9.18. The van der Waals surface area contributed by atoms with E-state index in [-0.39, 0.29) is 11.5 Å². The quantitative estimate of drug-likeness (QED) is 0.832. The van der Waals surface area contributed by atoms with Gasteiger partial charge in [-0.1, -0.05) is 12.1 Å². The summed E-state index contributed by atoms with van der Waals surface area (Å²) in [7, 11) is 0. The van der Waals surface area contributed by atoms with Crippen molar-refractivity contribution in [3.05, 3.63) is 29.8 Å². The van der Waals surface area contributed by atoms with Gasteiger partial charge in [-0.15, -0.1) is 0 Å². The highest BCUT2D eigenvalue weighted by molar-refractivity contribution is 6.01. The fourth-order valence-corrected chi connectivity index (χ4v) is 1.78. The van der Waals surface area contributed by atoms with E-state index in [2.05, 4.69) is 5.32 Å². The van der Waals surface area contributed by atoms with E-state index in [1.807, 2.05) is 0 Å². The van der Waals surface area contributed by atoms with Crippen molar-refractivity contribution >= 4 is 17.6 Å². The number of benzene rings is 1. The number of carbonyl (C=O) groups excluding carboxylic acids is 1. The smallest absolute Gasteiger partial charge is 0.337 e. The number of para-hydroxylation sites is 1. The molecule has 1 amide bonds. The van der Waals surface area contributed by atoms with Crippen LogP contribution in [0.1, 0.15) is 23.2 Å². The first-order valence-corrected chi connectivity index (χ1v) is 5.43. The van der Waals surface area contributed by atoms with Crippen molar-refractivity contribution in [1.82, 2.24) is 0 Å². The summed E-state index contributed by atoms with van der Waals surface area (Å²) in [6, 6.07) is 6.31. The van der Waals surface area contributed by atoms with Crippen LogP contribution >= 0.6 is 0 Å². The van der Waals surface area contributed by atoms with Crippen LogP contribution < -0.4 is 5.32 Å². The molecule has 1 aromatic rings. The van der Waals surface area contributed by atoms with Crippen LogP contribution in [-0.2, 0) is 9.53 Å². The molecule has 1 saturated heterocycles. The van der Waals surface area contributed by atoms with Gasteiger partial charge in [-0.25, -0.2) is 4.79 Å². The van der Waals surface area contributed by atoms with Gasteiger partial charge in [0.1, 0.15) is 6.10 Å². The molecule has 0 radical (unpaired) electrons. The van der Waals surface area contributed by atoms with Crippen molar-refractivity contribution in [1.29, 1.82) is 0 Å². The Morgan fingerprint density at radius 3 is 2.76 bits per heavy atom. The predicted octanol–water partition coefficient (Wildman–Crippen LogP) is 1.50. The Bertz CT molecular complexity index is 438. The van der Waals surface area contributed by atoms with Crippen LogP contribution in [0, 0.1) is 0 Å². The van der Waals surface area contributed by atoms with Crippen molar-refractivity contribution in [3.8, 4) is 0 Å². The highest BCUT2D eigenvalue weighted by Crippen LogP contribution is 2.18. The molecule has 5 heteroatoms. The van der Waals surface area contributed by atoms with Gasteiger partial charge in [0.05, 0.1) is 11.3 Å². The summed E-state index contributed by atoms with van der Waals surface area (Å²) in [6.45, 7) is 0.582. The van der Waals surface area contributed by atoms with E-state index in [0.717, 1.165) is 6.42 Å². The zero-order chi connectivity index (χ0) is 12.3. The lowest BCUT2D eigenvalue weighted by molar-refractivity contribution is -0.124. The molecule has 1 aliphatic rings. The fraction of sp³-hybridized carbons (Fsp3) is 0.333. The minimum absolute atomic E-state index is 0.0823. The Kier molecular flexibility index (Phi) is 3.39. The molecule has 2 rings (SSSR count). The number of carbonyl (C=O) groups is 2. The maximum atomic E-state index is 11.8. The molecule has 0 unspecified atom stereocenters. The van der Waals surface area contributed by atoms with Gasteiger partial charge in [0, 0.05) is 6.61 Å². The number of hydrogen-bond donors (Lipinski definition) is 2. The van der Waals surface area contributed by atoms with Gasteiger partial charge in [0.2, 0.25) is 0 Å². The number of ether oxygens (including phenoxy) is 1. The van der Waals surface area contributed by atoms with Crippen molar-refractivity contribution in [2.75, 3.05) is 11.9 Å². The molecular formula is C12H13NO4. The van der Waals surface area contributed by atoms with Crippen LogP contribution in [0.4, 0.5) is 5.69 Å². The average Bonchev–Trinajstić information content (AvgIpc) is 2.83. The summed E-state index contributed by atoms with van der Waals surface area (Å²) in [5.41, 5.74) is 0.388. The number of carboxylic acid groups (broad SMARTS) is 1. The van der Waals surface area contributed by atoms with Crippen molar-refractivity contribution in [2.45, 2.75) is 18.9 Å². The number of carboxylic acids is 1. The first-order chi connectivity index (χ1) is 8.18. The Labute approximate surface area is 98.4 Å². The summed E-state index contributed by atoms with van der Waals surface area (Å²) in [5, 5.41) is 11.6. The number of anilines is 1. The molecule has 5 nitrogen and oxygen atoms in total. The van der Waals surface area contributed by atoms with E-state index in [0.29, 0.717) is 18.7 Å². The second-order valence-electron chi connectivity index (χ2n) is 3.84. The van der Waals surface area contributed by atoms with E-state index < -0.39 is 12.1 Å². The fourth-order valence-electron chi connectivity index (χ4n) is 1.78. The Hall–Kier alpha value is -1.88. The van der Waals surface area contributed by atoms with Gasteiger partial charge in [-0.2, -0.15) is 0 Å². The van der Waals surface area contributed by atoms with E-state index in [1.165, 1.54) is 6.07 Å². The van der Waals surface area contributed by atoms with Crippen LogP contribution in [0.15, 0.2) is 24.3 Å². The second-order valence-corrected chi connectivity index (χ2v) is 3.84. The monoisotopic (exact) mass is 235 g/mol. The van der Waals surface area contributed by atoms with Crippen molar-refractivity contribution in [2.24, 2.45) is 0 Å². The molecule has 1 fully saturated rings. The Morgan fingerprint density at radius 1 is 1.35 bits per heavy atom. The molecule has 1 heterocycles. The molecule has 2 N–H and O–H groups in total. The Morgan fingerprint density at radius 2 is 2.12 bits per heavy atom. The minimum atomic E-state index is -1.06. The molecule has 90 valence electrons. The van der Waals surface area contributed by atoms with E-state index >= 15 is 0 Å². The van der Waals surface area contributed by atoms with Gasteiger partial charge in [-0.05, 0) is 25.0 Å². The first-order valence-electron chi connectivity index (χ1n) is 5.43. The highest BCUT2D eigenvalue weighted by Gasteiger charge is 2.24. The summed E-state index contributed by atoms with van der Waals surface area (Å²) < 4.78 is 5.23. The SMILES string of the molecule is O=C(O)c1ccccc1NC(=O)[C@H]1CCCO1. The van der Waals surface area contributed by atoms with E-state index in [1.54, 1.807) is 18.2 Å². The second kappa shape index (κ2) is 4.97. The lowest BCUT2D eigenvalue weighted by Crippen LogP contribution is -2.27. The molecular weight excluding hydrogens is 222 g/mol. The lowest BCUT2D eigenvalue weighted by atomic mass is 10.1. The molecule has 0 aromatic heterocycles. The Balaban J connectivity index is 2.12. The van der Waals surface area contributed by atoms with Crippen LogP contribution in [0.5, 0.6) is 0 Å². The lowest BCUT2D eigenvalue weighted by Gasteiger charge is -2.11. The van der Waals surface area contributed by atoms with E-state index in [4.69, 9.17) is 9.84 Å². The molecule has 0 aliphatic carbocycles. The summed E-state index contributed by atoms with van der Waals surface area (Å²) >= 11 is 0. The maximum absolute atomic E-state index is 11.8. The maximum Gasteiger partial charge on any atom is 0.337 e.